The lowest BCUT2D eigenvalue weighted by Crippen LogP contribution is -2.55. The van der Waals surface area contributed by atoms with Crippen molar-refractivity contribution in [2.24, 2.45) is 5.92 Å². The van der Waals surface area contributed by atoms with E-state index < -0.39 is 5.60 Å². The van der Waals surface area contributed by atoms with Gasteiger partial charge in [0.25, 0.3) is 0 Å². The molecular weight excluding hydrogens is 350 g/mol. The number of piperidine rings is 1. The summed E-state index contributed by atoms with van der Waals surface area (Å²) in [6.07, 6.45) is 2.67. The minimum Gasteiger partial charge on any atom is -0.497 e. The van der Waals surface area contributed by atoms with Crippen LogP contribution < -0.4 is 4.74 Å². The van der Waals surface area contributed by atoms with Gasteiger partial charge in [-0.3, -0.25) is 4.79 Å². The van der Waals surface area contributed by atoms with Gasteiger partial charge in [-0.15, -0.1) is 0 Å². The van der Waals surface area contributed by atoms with Crippen molar-refractivity contribution >= 4 is 5.78 Å². The average molecular weight is 381 g/mol. The van der Waals surface area contributed by atoms with Crippen LogP contribution in [0.15, 0.2) is 48.5 Å². The van der Waals surface area contributed by atoms with E-state index in [-0.39, 0.29) is 11.7 Å². The van der Waals surface area contributed by atoms with Crippen LogP contribution in [0.4, 0.5) is 0 Å². The number of benzene rings is 2. The second-order valence-corrected chi connectivity index (χ2v) is 8.61. The molecule has 1 saturated heterocycles. The van der Waals surface area contributed by atoms with Crippen LogP contribution in [0.5, 0.6) is 5.75 Å². The number of ether oxygens (including phenoxy) is 2. The van der Waals surface area contributed by atoms with Crippen molar-refractivity contribution in [1.29, 1.82) is 0 Å². The summed E-state index contributed by atoms with van der Waals surface area (Å²) in [5.41, 5.74) is 2.52. The minimum absolute atomic E-state index is 0.150. The van der Waals surface area contributed by atoms with Crippen molar-refractivity contribution in [1.82, 2.24) is 0 Å². The second kappa shape index (κ2) is 7.34. The molecule has 2 aliphatic rings. The molecule has 2 aromatic rings. The first-order valence-corrected chi connectivity index (χ1v) is 10.1. The Morgan fingerprint density at radius 2 is 1.79 bits per heavy atom. The summed E-state index contributed by atoms with van der Waals surface area (Å²) < 4.78 is 12.4. The van der Waals surface area contributed by atoms with Gasteiger partial charge in [0.15, 0.2) is 5.78 Å². The molecule has 1 aliphatic carbocycles. The largest absolute Gasteiger partial charge is 0.497 e. The molecule has 4 rings (SSSR count). The van der Waals surface area contributed by atoms with E-state index >= 15 is 0 Å². The Morgan fingerprint density at radius 1 is 1.07 bits per heavy atom. The Labute approximate surface area is 167 Å². The fourth-order valence-electron chi connectivity index (χ4n) is 5.16. The number of ketones is 1. The summed E-state index contributed by atoms with van der Waals surface area (Å²) in [6.45, 7) is 3.17. The van der Waals surface area contributed by atoms with Crippen LogP contribution in [0.3, 0.4) is 0 Å². The van der Waals surface area contributed by atoms with Crippen molar-refractivity contribution in [3.63, 3.8) is 0 Å². The zero-order valence-electron chi connectivity index (χ0n) is 17.1. The summed E-state index contributed by atoms with van der Waals surface area (Å²) in [4.78, 5) is 13.3. The van der Waals surface area contributed by atoms with Gasteiger partial charge in [0.05, 0.1) is 27.2 Å². The molecule has 0 saturated carbocycles. The number of rotatable bonds is 5. The molecular formula is C24H30NO3+. The molecule has 0 radical (unpaired) electrons. The highest BCUT2D eigenvalue weighted by atomic mass is 16.5. The summed E-state index contributed by atoms with van der Waals surface area (Å²) in [6, 6.07) is 16.5. The maximum absolute atomic E-state index is 13.3. The number of methoxy groups -OCH3 is 2. The number of quaternary nitrogens is 1. The zero-order valence-corrected chi connectivity index (χ0v) is 17.1. The molecule has 28 heavy (non-hydrogen) atoms. The lowest BCUT2D eigenvalue weighted by Gasteiger charge is -2.45. The van der Waals surface area contributed by atoms with Crippen LogP contribution in [0.1, 0.15) is 34.3 Å². The molecule has 1 unspecified atom stereocenters. The van der Waals surface area contributed by atoms with Crippen LogP contribution in [0.25, 0.3) is 0 Å². The SMILES string of the molecule is COc1ccc2c(c1)CC(OC)(C1CC[N+](C)(Cc3ccccc3)CC1)C2=O. The van der Waals surface area contributed by atoms with Crippen molar-refractivity contribution < 1.29 is 18.8 Å². The van der Waals surface area contributed by atoms with E-state index in [1.807, 2.05) is 18.2 Å². The third kappa shape index (κ3) is 3.25. The molecule has 148 valence electrons. The highest BCUT2D eigenvalue weighted by molar-refractivity contribution is 6.07. The number of nitrogens with zero attached hydrogens (tertiary/aromatic N) is 1. The van der Waals surface area contributed by atoms with Gasteiger partial charge >= 0.3 is 0 Å². The number of carbonyl (C=O) groups is 1. The van der Waals surface area contributed by atoms with Crippen molar-refractivity contribution in [3.05, 3.63) is 65.2 Å². The average Bonchev–Trinajstić information content (AvgIpc) is 3.01. The van der Waals surface area contributed by atoms with E-state index in [0.29, 0.717) is 6.42 Å². The summed E-state index contributed by atoms with van der Waals surface area (Å²) >= 11 is 0. The van der Waals surface area contributed by atoms with Gasteiger partial charge in [0.1, 0.15) is 17.9 Å². The normalized spacial score (nSPS) is 29.5. The Balaban J connectivity index is 1.51. The van der Waals surface area contributed by atoms with E-state index in [0.717, 1.165) is 53.8 Å². The molecule has 0 N–H and O–H groups in total. The first-order chi connectivity index (χ1) is 13.5. The Hall–Kier alpha value is -2.17. The Morgan fingerprint density at radius 3 is 2.43 bits per heavy atom. The summed E-state index contributed by atoms with van der Waals surface area (Å²) in [5.74, 6) is 1.20. The fourth-order valence-corrected chi connectivity index (χ4v) is 5.16. The molecule has 1 atom stereocenters. The lowest BCUT2D eigenvalue weighted by molar-refractivity contribution is -0.928. The number of carbonyl (C=O) groups excluding carboxylic acids is 1. The molecule has 2 aromatic carbocycles. The molecule has 1 aliphatic heterocycles. The Bertz CT molecular complexity index is 855. The summed E-state index contributed by atoms with van der Waals surface area (Å²) in [7, 11) is 5.70. The maximum Gasteiger partial charge on any atom is 0.195 e. The van der Waals surface area contributed by atoms with Crippen molar-refractivity contribution in [3.8, 4) is 5.75 Å². The molecule has 4 nitrogen and oxygen atoms in total. The van der Waals surface area contributed by atoms with Gasteiger partial charge in [-0.2, -0.15) is 0 Å². The van der Waals surface area contributed by atoms with E-state index in [4.69, 9.17) is 9.47 Å². The van der Waals surface area contributed by atoms with E-state index in [1.165, 1.54) is 5.56 Å². The Kier molecular flexibility index (Phi) is 5.02. The van der Waals surface area contributed by atoms with Gasteiger partial charge in [-0.05, 0) is 23.8 Å². The van der Waals surface area contributed by atoms with Gasteiger partial charge in [0.2, 0.25) is 0 Å². The van der Waals surface area contributed by atoms with Gasteiger partial charge in [-0.25, -0.2) is 0 Å². The van der Waals surface area contributed by atoms with E-state index in [2.05, 4.69) is 37.4 Å². The minimum atomic E-state index is -0.716. The van der Waals surface area contributed by atoms with E-state index in [1.54, 1.807) is 14.2 Å². The van der Waals surface area contributed by atoms with Crippen molar-refractivity contribution in [2.75, 3.05) is 34.4 Å². The molecule has 0 amide bonds. The second-order valence-electron chi connectivity index (χ2n) is 8.61. The van der Waals surface area contributed by atoms with Crippen LogP contribution in [0, 0.1) is 5.92 Å². The maximum atomic E-state index is 13.3. The highest BCUT2D eigenvalue weighted by Gasteiger charge is 2.53. The van der Waals surface area contributed by atoms with Gasteiger partial charge < -0.3 is 14.0 Å². The van der Waals surface area contributed by atoms with Crippen LogP contribution in [-0.2, 0) is 17.7 Å². The third-order valence-electron chi connectivity index (χ3n) is 6.86. The van der Waals surface area contributed by atoms with E-state index in [9.17, 15) is 4.79 Å². The third-order valence-corrected chi connectivity index (χ3v) is 6.86. The van der Waals surface area contributed by atoms with Crippen LogP contribution >= 0.6 is 0 Å². The van der Waals surface area contributed by atoms with Gasteiger partial charge in [-0.1, -0.05) is 30.3 Å². The summed E-state index contributed by atoms with van der Waals surface area (Å²) in [5, 5.41) is 0. The molecule has 1 fully saturated rings. The number of likely N-dealkylation sites (tertiary alicyclic amines) is 1. The first kappa shape index (κ1) is 19.2. The molecule has 1 heterocycles. The van der Waals surface area contributed by atoms with Crippen molar-refractivity contribution in [2.45, 2.75) is 31.4 Å². The zero-order chi connectivity index (χ0) is 19.8. The monoisotopic (exact) mass is 380 g/mol. The van der Waals surface area contributed by atoms with Gasteiger partial charge in [0, 0.05) is 43.4 Å². The predicted molar refractivity (Wildman–Crippen MR) is 110 cm³/mol. The quantitative estimate of drug-likeness (QED) is 0.739. The van der Waals surface area contributed by atoms with Crippen LogP contribution in [0.2, 0.25) is 0 Å². The lowest BCUT2D eigenvalue weighted by atomic mass is 9.77. The standard InChI is InChI=1S/C24H30NO3/c1-25(17-18-7-5-4-6-8-18)13-11-20(12-14-25)24(28-3)16-19-15-21(27-2)9-10-22(19)23(24)26/h4-10,15,20H,11-14,16-17H2,1-3H3/q+1. The smallest absolute Gasteiger partial charge is 0.195 e. The number of hydrogen-bond donors (Lipinski definition) is 0. The molecule has 0 bridgehead atoms. The molecule has 4 heteroatoms. The number of fused-ring (bicyclic) bond motifs is 1. The predicted octanol–water partition coefficient (Wildman–Crippen LogP) is 3.88. The topological polar surface area (TPSA) is 35.5 Å². The molecule has 0 spiro atoms. The number of Topliss-reactive ketones (excluding diaryl/α,β-unsaturated/α-hetero) is 1. The van der Waals surface area contributed by atoms with Crippen LogP contribution in [-0.4, -0.2) is 50.2 Å². The highest BCUT2D eigenvalue weighted by Crippen LogP contribution is 2.44. The fraction of sp³-hybridized carbons (Fsp3) is 0.458. The number of hydrogen-bond acceptors (Lipinski definition) is 3. The molecule has 0 aromatic heterocycles. The first-order valence-electron chi connectivity index (χ1n) is 10.1.